The Morgan fingerprint density at radius 2 is 2.20 bits per heavy atom. The number of anilines is 1. The second kappa shape index (κ2) is 6.85. The van der Waals surface area contributed by atoms with Gasteiger partial charge in [0.15, 0.2) is 0 Å². The fourth-order valence-electron chi connectivity index (χ4n) is 2.41. The van der Waals surface area contributed by atoms with Crippen LogP contribution in [0.15, 0.2) is 6.07 Å². The van der Waals surface area contributed by atoms with Gasteiger partial charge in [-0.3, -0.25) is 0 Å². The average molecular weight is 279 g/mol. The highest BCUT2D eigenvalue weighted by molar-refractivity contribution is 5.37. The maximum absolute atomic E-state index is 5.89. The van der Waals surface area contributed by atoms with Crippen LogP contribution in [0.4, 0.5) is 5.95 Å². The van der Waals surface area contributed by atoms with E-state index in [1.807, 2.05) is 13.0 Å². The SMILES string of the molecule is CCCOc1cc(C)nc(N2CCN(C)CC2CN)n1. The molecule has 0 aliphatic carbocycles. The van der Waals surface area contributed by atoms with Gasteiger partial charge in [-0.2, -0.15) is 4.98 Å². The fraction of sp³-hybridized carbons (Fsp3) is 0.714. The third kappa shape index (κ3) is 3.58. The second-order valence-electron chi connectivity index (χ2n) is 5.34. The standard InChI is InChI=1S/C14H25N5O/c1-4-7-20-13-8-11(2)16-14(17-13)19-6-5-18(3)10-12(19)9-15/h8,12H,4-7,9-10,15H2,1-3H3. The third-order valence-electron chi connectivity index (χ3n) is 3.49. The van der Waals surface area contributed by atoms with Gasteiger partial charge in [0.25, 0.3) is 0 Å². The maximum atomic E-state index is 5.89. The van der Waals surface area contributed by atoms with Gasteiger partial charge in [-0.25, -0.2) is 4.98 Å². The molecule has 112 valence electrons. The molecule has 1 aromatic rings. The van der Waals surface area contributed by atoms with Crippen molar-refractivity contribution in [3.05, 3.63) is 11.8 Å². The Kier molecular flexibility index (Phi) is 5.14. The lowest BCUT2D eigenvalue weighted by atomic mass is 10.2. The van der Waals surface area contributed by atoms with E-state index in [9.17, 15) is 0 Å². The van der Waals surface area contributed by atoms with Crippen LogP contribution in [-0.2, 0) is 0 Å². The minimum absolute atomic E-state index is 0.259. The summed E-state index contributed by atoms with van der Waals surface area (Å²) in [5, 5.41) is 0. The van der Waals surface area contributed by atoms with E-state index in [1.165, 1.54) is 0 Å². The first kappa shape index (κ1) is 15.0. The Morgan fingerprint density at radius 1 is 1.40 bits per heavy atom. The predicted octanol–water partition coefficient (Wildman–Crippen LogP) is 0.653. The Morgan fingerprint density at radius 3 is 2.90 bits per heavy atom. The molecule has 2 heterocycles. The molecule has 0 spiro atoms. The molecule has 1 aliphatic heterocycles. The van der Waals surface area contributed by atoms with Crippen molar-refractivity contribution >= 4 is 5.95 Å². The number of rotatable bonds is 5. The smallest absolute Gasteiger partial charge is 0.229 e. The molecule has 2 rings (SSSR count). The molecule has 0 radical (unpaired) electrons. The number of nitrogens with two attached hydrogens (primary N) is 1. The molecule has 0 saturated carbocycles. The molecule has 20 heavy (non-hydrogen) atoms. The van der Waals surface area contributed by atoms with Gasteiger partial charge in [0.05, 0.1) is 12.6 Å². The Labute approximate surface area is 120 Å². The predicted molar refractivity (Wildman–Crippen MR) is 80.2 cm³/mol. The van der Waals surface area contributed by atoms with Crippen molar-refractivity contribution in [2.75, 3.05) is 44.7 Å². The maximum Gasteiger partial charge on any atom is 0.229 e. The molecule has 0 amide bonds. The minimum atomic E-state index is 0.259. The molecule has 1 fully saturated rings. The van der Waals surface area contributed by atoms with Crippen molar-refractivity contribution in [3.8, 4) is 5.88 Å². The van der Waals surface area contributed by atoms with E-state index in [-0.39, 0.29) is 6.04 Å². The van der Waals surface area contributed by atoms with Crippen LogP contribution in [0, 0.1) is 6.92 Å². The van der Waals surface area contributed by atoms with Gasteiger partial charge in [0.2, 0.25) is 11.8 Å². The number of aromatic nitrogens is 2. The molecule has 6 heteroatoms. The summed E-state index contributed by atoms with van der Waals surface area (Å²) >= 11 is 0. The van der Waals surface area contributed by atoms with Crippen LogP contribution in [0.3, 0.4) is 0 Å². The van der Waals surface area contributed by atoms with E-state index in [0.29, 0.717) is 19.0 Å². The monoisotopic (exact) mass is 279 g/mol. The summed E-state index contributed by atoms with van der Waals surface area (Å²) in [6.07, 6.45) is 0.971. The summed E-state index contributed by atoms with van der Waals surface area (Å²) in [7, 11) is 2.12. The fourth-order valence-corrected chi connectivity index (χ4v) is 2.41. The second-order valence-corrected chi connectivity index (χ2v) is 5.34. The number of aryl methyl sites for hydroxylation is 1. The molecular formula is C14H25N5O. The van der Waals surface area contributed by atoms with Gasteiger partial charge in [-0.05, 0) is 20.4 Å². The summed E-state index contributed by atoms with van der Waals surface area (Å²) < 4.78 is 5.64. The van der Waals surface area contributed by atoms with Crippen molar-refractivity contribution in [1.29, 1.82) is 0 Å². The lowest BCUT2D eigenvalue weighted by Gasteiger charge is -2.39. The van der Waals surface area contributed by atoms with Gasteiger partial charge in [0, 0.05) is 37.9 Å². The molecule has 0 bridgehead atoms. The summed E-state index contributed by atoms with van der Waals surface area (Å²) in [5.41, 5.74) is 6.82. The zero-order valence-corrected chi connectivity index (χ0v) is 12.7. The van der Waals surface area contributed by atoms with Crippen LogP contribution in [-0.4, -0.2) is 60.7 Å². The minimum Gasteiger partial charge on any atom is -0.478 e. The van der Waals surface area contributed by atoms with Gasteiger partial charge < -0.3 is 20.3 Å². The van der Waals surface area contributed by atoms with E-state index >= 15 is 0 Å². The average Bonchev–Trinajstić information content (AvgIpc) is 2.44. The van der Waals surface area contributed by atoms with E-state index in [4.69, 9.17) is 10.5 Å². The summed E-state index contributed by atoms with van der Waals surface area (Å²) in [4.78, 5) is 13.6. The lowest BCUT2D eigenvalue weighted by Crippen LogP contribution is -2.55. The number of piperazine rings is 1. The van der Waals surface area contributed by atoms with E-state index in [1.54, 1.807) is 0 Å². The molecule has 1 aliphatic rings. The van der Waals surface area contributed by atoms with E-state index in [0.717, 1.165) is 37.7 Å². The van der Waals surface area contributed by atoms with Crippen molar-refractivity contribution < 1.29 is 4.74 Å². The molecule has 6 nitrogen and oxygen atoms in total. The molecule has 1 saturated heterocycles. The summed E-state index contributed by atoms with van der Waals surface area (Å²) in [6, 6.07) is 2.14. The molecule has 1 aromatic heterocycles. The zero-order chi connectivity index (χ0) is 14.5. The van der Waals surface area contributed by atoms with Gasteiger partial charge in [-0.1, -0.05) is 6.92 Å². The van der Waals surface area contributed by atoms with Gasteiger partial charge in [0.1, 0.15) is 0 Å². The number of likely N-dealkylation sites (N-methyl/N-ethyl adjacent to an activating group) is 1. The largest absolute Gasteiger partial charge is 0.478 e. The van der Waals surface area contributed by atoms with Crippen molar-refractivity contribution in [1.82, 2.24) is 14.9 Å². The topological polar surface area (TPSA) is 67.5 Å². The molecule has 0 aromatic carbocycles. The number of hydrogen-bond donors (Lipinski definition) is 1. The third-order valence-corrected chi connectivity index (χ3v) is 3.49. The first-order valence-electron chi connectivity index (χ1n) is 7.27. The van der Waals surface area contributed by atoms with Crippen LogP contribution in [0.25, 0.3) is 0 Å². The van der Waals surface area contributed by atoms with Crippen LogP contribution in [0.1, 0.15) is 19.0 Å². The Bertz CT molecular complexity index is 440. The zero-order valence-electron chi connectivity index (χ0n) is 12.7. The first-order valence-corrected chi connectivity index (χ1v) is 7.27. The Balaban J connectivity index is 2.19. The summed E-state index contributed by atoms with van der Waals surface area (Å²) in [6.45, 7) is 8.18. The van der Waals surface area contributed by atoms with Crippen molar-refractivity contribution in [2.24, 2.45) is 5.73 Å². The van der Waals surface area contributed by atoms with E-state index in [2.05, 4.69) is 33.7 Å². The molecule has 2 N–H and O–H groups in total. The van der Waals surface area contributed by atoms with Crippen LogP contribution < -0.4 is 15.4 Å². The number of nitrogens with zero attached hydrogens (tertiary/aromatic N) is 4. The molecular weight excluding hydrogens is 254 g/mol. The van der Waals surface area contributed by atoms with Gasteiger partial charge >= 0.3 is 0 Å². The highest BCUT2D eigenvalue weighted by Gasteiger charge is 2.26. The van der Waals surface area contributed by atoms with Crippen LogP contribution in [0.5, 0.6) is 5.88 Å². The van der Waals surface area contributed by atoms with Crippen LogP contribution in [0.2, 0.25) is 0 Å². The lowest BCUT2D eigenvalue weighted by molar-refractivity contribution is 0.266. The Hall–Kier alpha value is -1.40. The van der Waals surface area contributed by atoms with Gasteiger partial charge in [-0.15, -0.1) is 0 Å². The van der Waals surface area contributed by atoms with Crippen molar-refractivity contribution in [3.63, 3.8) is 0 Å². The van der Waals surface area contributed by atoms with Crippen LogP contribution >= 0.6 is 0 Å². The highest BCUT2D eigenvalue weighted by atomic mass is 16.5. The molecule has 1 unspecified atom stereocenters. The normalized spacial score (nSPS) is 20.2. The van der Waals surface area contributed by atoms with E-state index < -0.39 is 0 Å². The quantitative estimate of drug-likeness (QED) is 0.854. The first-order chi connectivity index (χ1) is 9.63. The summed E-state index contributed by atoms with van der Waals surface area (Å²) in [5.74, 6) is 1.39. The highest BCUT2D eigenvalue weighted by Crippen LogP contribution is 2.19. The number of hydrogen-bond acceptors (Lipinski definition) is 6. The number of ether oxygens (including phenoxy) is 1. The van der Waals surface area contributed by atoms with Crippen molar-refractivity contribution in [2.45, 2.75) is 26.3 Å². The molecule has 1 atom stereocenters.